The summed E-state index contributed by atoms with van der Waals surface area (Å²) in [4.78, 5) is 22.8. The maximum absolute atomic E-state index is 13.2. The molecule has 0 atom stereocenters. The van der Waals surface area contributed by atoms with Crippen molar-refractivity contribution in [2.45, 2.75) is 18.7 Å². The molecule has 0 aliphatic heterocycles. The van der Waals surface area contributed by atoms with E-state index in [9.17, 15) is 14.0 Å². The van der Waals surface area contributed by atoms with Gasteiger partial charge in [0.2, 0.25) is 5.91 Å². The van der Waals surface area contributed by atoms with Crippen LogP contribution in [0.3, 0.4) is 0 Å². The van der Waals surface area contributed by atoms with Crippen molar-refractivity contribution in [2.24, 2.45) is 5.92 Å². The summed E-state index contributed by atoms with van der Waals surface area (Å²) < 4.78 is 13.2. The van der Waals surface area contributed by atoms with Gasteiger partial charge in [-0.1, -0.05) is 13.8 Å². The zero-order valence-electron chi connectivity index (χ0n) is 10.8. The zero-order chi connectivity index (χ0) is 14.4. The molecule has 0 heterocycles. The second-order valence-electron chi connectivity index (χ2n) is 4.43. The summed E-state index contributed by atoms with van der Waals surface area (Å²) in [6.45, 7) is 4.59. The number of nitrogens with one attached hydrogen (secondary N) is 1. The highest BCUT2D eigenvalue weighted by molar-refractivity contribution is 8.00. The smallest absolute Gasteiger partial charge is 0.338 e. The minimum absolute atomic E-state index is 0.125. The van der Waals surface area contributed by atoms with Crippen LogP contribution in [0.15, 0.2) is 23.1 Å². The Kier molecular flexibility index (Phi) is 5.82. The van der Waals surface area contributed by atoms with Crippen molar-refractivity contribution < 1.29 is 19.1 Å². The van der Waals surface area contributed by atoms with Crippen LogP contribution >= 0.6 is 11.8 Å². The van der Waals surface area contributed by atoms with Gasteiger partial charge >= 0.3 is 5.97 Å². The van der Waals surface area contributed by atoms with Crippen molar-refractivity contribution in [1.82, 2.24) is 5.32 Å². The van der Waals surface area contributed by atoms with Crippen LogP contribution in [0.1, 0.15) is 24.2 Å². The zero-order valence-corrected chi connectivity index (χ0v) is 11.6. The molecule has 0 saturated heterocycles. The van der Waals surface area contributed by atoms with Crippen molar-refractivity contribution in [1.29, 1.82) is 0 Å². The van der Waals surface area contributed by atoms with Crippen LogP contribution in [0.25, 0.3) is 0 Å². The van der Waals surface area contributed by atoms with Gasteiger partial charge in [0.25, 0.3) is 0 Å². The third-order valence-corrected chi connectivity index (χ3v) is 3.24. The summed E-state index contributed by atoms with van der Waals surface area (Å²) in [5, 5.41) is 11.5. The highest BCUT2D eigenvalue weighted by Crippen LogP contribution is 2.21. The number of carbonyl (C=O) groups excluding carboxylic acids is 1. The van der Waals surface area contributed by atoms with Gasteiger partial charge in [-0.25, -0.2) is 9.18 Å². The standard InChI is InChI=1S/C13H16FNO3S/c1-8(2)6-15-12(16)7-19-9-3-4-11(14)10(5-9)13(17)18/h3-5,8H,6-7H2,1-2H3,(H,15,16)(H,17,18). The molecule has 0 bridgehead atoms. The fraction of sp³-hybridized carbons (Fsp3) is 0.385. The summed E-state index contributed by atoms with van der Waals surface area (Å²) in [5.41, 5.74) is -0.382. The summed E-state index contributed by atoms with van der Waals surface area (Å²) in [7, 11) is 0. The van der Waals surface area contributed by atoms with E-state index in [4.69, 9.17) is 5.11 Å². The van der Waals surface area contributed by atoms with Gasteiger partial charge < -0.3 is 10.4 Å². The van der Waals surface area contributed by atoms with Gasteiger partial charge in [0.05, 0.1) is 11.3 Å². The maximum atomic E-state index is 13.2. The molecule has 1 aromatic carbocycles. The van der Waals surface area contributed by atoms with Crippen LogP contribution in [0.4, 0.5) is 4.39 Å². The van der Waals surface area contributed by atoms with E-state index in [0.29, 0.717) is 17.4 Å². The molecule has 0 unspecified atom stereocenters. The molecule has 0 spiro atoms. The number of rotatable bonds is 6. The van der Waals surface area contributed by atoms with E-state index in [0.717, 1.165) is 6.07 Å². The second-order valence-corrected chi connectivity index (χ2v) is 5.48. The third kappa shape index (κ3) is 5.30. The van der Waals surface area contributed by atoms with Gasteiger partial charge in [-0.3, -0.25) is 4.79 Å². The second kappa shape index (κ2) is 7.13. The fourth-order valence-corrected chi connectivity index (χ4v) is 2.04. The third-order valence-electron chi connectivity index (χ3n) is 2.25. The summed E-state index contributed by atoms with van der Waals surface area (Å²) in [5.74, 6) is -1.67. The molecule has 0 fully saturated rings. The lowest BCUT2D eigenvalue weighted by atomic mass is 10.2. The molecule has 0 saturated carbocycles. The Bertz CT molecular complexity index is 477. The largest absolute Gasteiger partial charge is 0.478 e. The predicted octanol–water partition coefficient (Wildman–Crippen LogP) is 2.39. The lowest BCUT2D eigenvalue weighted by Gasteiger charge is -2.07. The Balaban J connectivity index is 2.56. The number of benzene rings is 1. The lowest BCUT2D eigenvalue weighted by Crippen LogP contribution is -2.28. The monoisotopic (exact) mass is 285 g/mol. The molecule has 1 amide bonds. The Morgan fingerprint density at radius 1 is 1.42 bits per heavy atom. The SMILES string of the molecule is CC(C)CNC(=O)CSc1ccc(F)c(C(=O)O)c1. The molecule has 6 heteroatoms. The van der Waals surface area contributed by atoms with E-state index in [2.05, 4.69) is 5.32 Å². The van der Waals surface area contributed by atoms with E-state index < -0.39 is 11.8 Å². The number of hydrogen-bond acceptors (Lipinski definition) is 3. The number of thioether (sulfide) groups is 1. The van der Waals surface area contributed by atoms with Crippen LogP contribution < -0.4 is 5.32 Å². The first-order valence-electron chi connectivity index (χ1n) is 5.82. The molecule has 19 heavy (non-hydrogen) atoms. The van der Waals surface area contributed by atoms with E-state index in [1.165, 1.54) is 23.9 Å². The number of carbonyl (C=O) groups is 2. The molecule has 0 aromatic heterocycles. The number of halogens is 1. The van der Waals surface area contributed by atoms with Crippen molar-refractivity contribution in [3.8, 4) is 0 Å². The number of carboxylic acids is 1. The van der Waals surface area contributed by atoms with Crippen molar-refractivity contribution in [3.05, 3.63) is 29.6 Å². The quantitative estimate of drug-likeness (QED) is 0.788. The van der Waals surface area contributed by atoms with Gasteiger partial charge in [0, 0.05) is 11.4 Å². The predicted molar refractivity (Wildman–Crippen MR) is 71.9 cm³/mol. The minimum Gasteiger partial charge on any atom is -0.478 e. The van der Waals surface area contributed by atoms with Crippen LogP contribution in [0, 0.1) is 11.7 Å². The summed E-state index contributed by atoms with van der Waals surface area (Å²) in [6.07, 6.45) is 0. The molecule has 1 aromatic rings. The Labute approximate surface area is 115 Å². The van der Waals surface area contributed by atoms with E-state index in [1.54, 1.807) is 0 Å². The van der Waals surface area contributed by atoms with Crippen LogP contribution in [0.2, 0.25) is 0 Å². The molecule has 2 N–H and O–H groups in total. The summed E-state index contributed by atoms with van der Waals surface area (Å²) >= 11 is 1.18. The summed E-state index contributed by atoms with van der Waals surface area (Å²) in [6, 6.07) is 3.79. The Morgan fingerprint density at radius 3 is 2.68 bits per heavy atom. The number of carboxylic acid groups (broad SMARTS) is 1. The van der Waals surface area contributed by atoms with Gasteiger partial charge in [-0.05, 0) is 24.1 Å². The Hall–Kier alpha value is -1.56. The molecule has 1 rings (SSSR count). The Morgan fingerprint density at radius 2 is 2.11 bits per heavy atom. The molecular formula is C13H16FNO3S. The topological polar surface area (TPSA) is 66.4 Å². The van der Waals surface area contributed by atoms with Gasteiger partial charge in [0.1, 0.15) is 5.82 Å². The first-order chi connectivity index (χ1) is 8.90. The van der Waals surface area contributed by atoms with Crippen LogP contribution in [-0.4, -0.2) is 29.3 Å². The lowest BCUT2D eigenvalue weighted by molar-refractivity contribution is -0.118. The van der Waals surface area contributed by atoms with Crippen molar-refractivity contribution in [3.63, 3.8) is 0 Å². The first-order valence-corrected chi connectivity index (χ1v) is 6.81. The van der Waals surface area contributed by atoms with Crippen LogP contribution in [0.5, 0.6) is 0 Å². The van der Waals surface area contributed by atoms with Gasteiger partial charge in [0.15, 0.2) is 0 Å². The van der Waals surface area contributed by atoms with Crippen molar-refractivity contribution in [2.75, 3.05) is 12.3 Å². The average molecular weight is 285 g/mol. The molecule has 104 valence electrons. The van der Waals surface area contributed by atoms with Gasteiger partial charge in [-0.15, -0.1) is 11.8 Å². The van der Waals surface area contributed by atoms with E-state index in [-0.39, 0.29) is 17.2 Å². The maximum Gasteiger partial charge on any atom is 0.338 e. The molecule has 0 aliphatic carbocycles. The first kappa shape index (κ1) is 15.5. The fourth-order valence-electron chi connectivity index (χ4n) is 1.28. The number of hydrogen-bond donors (Lipinski definition) is 2. The van der Waals surface area contributed by atoms with Crippen molar-refractivity contribution >= 4 is 23.6 Å². The van der Waals surface area contributed by atoms with E-state index in [1.807, 2.05) is 13.8 Å². The molecular weight excluding hydrogens is 269 g/mol. The number of aromatic carboxylic acids is 1. The molecule has 4 nitrogen and oxygen atoms in total. The molecule has 0 aliphatic rings. The normalized spacial score (nSPS) is 10.5. The average Bonchev–Trinajstić information content (AvgIpc) is 2.35. The molecule has 0 radical (unpaired) electrons. The highest BCUT2D eigenvalue weighted by atomic mass is 32.2. The van der Waals surface area contributed by atoms with Crippen LogP contribution in [-0.2, 0) is 4.79 Å². The number of amides is 1. The van der Waals surface area contributed by atoms with Gasteiger partial charge in [-0.2, -0.15) is 0 Å². The highest BCUT2D eigenvalue weighted by Gasteiger charge is 2.11. The minimum atomic E-state index is -1.32. The van der Waals surface area contributed by atoms with E-state index >= 15 is 0 Å².